The lowest BCUT2D eigenvalue weighted by atomic mass is 9.95. The zero-order chi connectivity index (χ0) is 14.2. The quantitative estimate of drug-likeness (QED) is 0.852. The molecule has 1 aliphatic carbocycles. The van der Waals surface area contributed by atoms with E-state index in [-0.39, 0.29) is 18.1 Å². The molecule has 3 nitrogen and oxygen atoms in total. The van der Waals surface area contributed by atoms with Gasteiger partial charge in [-0.2, -0.15) is 0 Å². The van der Waals surface area contributed by atoms with E-state index in [0.717, 1.165) is 44.8 Å². The predicted molar refractivity (Wildman–Crippen MR) is 81.1 cm³/mol. The van der Waals surface area contributed by atoms with Crippen molar-refractivity contribution in [3.8, 4) is 0 Å². The molecule has 3 heteroatoms. The number of ether oxygens (including phenoxy) is 1. The lowest BCUT2D eigenvalue weighted by Crippen LogP contribution is -2.38. The summed E-state index contributed by atoms with van der Waals surface area (Å²) in [4.78, 5) is 14.8. The molecule has 4 rings (SSSR count). The van der Waals surface area contributed by atoms with Crippen LogP contribution in [0.4, 0.5) is 0 Å². The van der Waals surface area contributed by atoms with Gasteiger partial charge < -0.3 is 9.64 Å². The van der Waals surface area contributed by atoms with Gasteiger partial charge in [0.05, 0.1) is 6.04 Å². The third-order valence-electron chi connectivity index (χ3n) is 5.11. The number of carbonyl (C=O) groups excluding carboxylic acids is 1. The van der Waals surface area contributed by atoms with Gasteiger partial charge in [0.15, 0.2) is 0 Å². The first kappa shape index (κ1) is 13.3. The molecule has 0 bridgehead atoms. The van der Waals surface area contributed by atoms with Gasteiger partial charge in [-0.1, -0.05) is 24.3 Å². The van der Waals surface area contributed by atoms with Crippen molar-refractivity contribution in [1.82, 2.24) is 4.90 Å². The zero-order valence-electron chi connectivity index (χ0n) is 12.5. The number of nitrogens with zero attached hydrogens (tertiary/aromatic N) is 1. The molecule has 0 N–H and O–H groups in total. The molecule has 2 aliphatic heterocycles. The van der Waals surface area contributed by atoms with Crippen molar-refractivity contribution in [2.45, 2.75) is 56.6 Å². The third kappa shape index (κ3) is 2.48. The number of benzene rings is 1. The van der Waals surface area contributed by atoms with Gasteiger partial charge in [-0.3, -0.25) is 4.79 Å². The van der Waals surface area contributed by atoms with Crippen LogP contribution in [0.25, 0.3) is 0 Å². The van der Waals surface area contributed by atoms with Crippen LogP contribution in [-0.2, 0) is 9.53 Å². The molecule has 1 aromatic carbocycles. The second-order valence-electron chi connectivity index (χ2n) is 6.59. The standard InChI is InChI=1S/C18H23NO2/c20-18(17-8-4-12-21-17)19-11-3-7-16(19)15-6-2-1-5-14(15)13-9-10-13/h1-2,5-6,13,16-17H,3-4,7-12H2/t16?,17-/m0/s1. The maximum absolute atomic E-state index is 12.7. The van der Waals surface area contributed by atoms with E-state index in [0.29, 0.717) is 0 Å². The Bertz CT molecular complexity index is 532. The van der Waals surface area contributed by atoms with Crippen LogP contribution >= 0.6 is 0 Å². The van der Waals surface area contributed by atoms with Gasteiger partial charge >= 0.3 is 0 Å². The third-order valence-corrected chi connectivity index (χ3v) is 5.11. The van der Waals surface area contributed by atoms with Crippen molar-refractivity contribution in [3.63, 3.8) is 0 Å². The Balaban J connectivity index is 1.60. The van der Waals surface area contributed by atoms with E-state index in [1.54, 1.807) is 0 Å². The van der Waals surface area contributed by atoms with Crippen LogP contribution in [0.5, 0.6) is 0 Å². The number of rotatable bonds is 3. The Kier molecular flexibility index (Phi) is 3.46. The summed E-state index contributed by atoms with van der Waals surface area (Å²) < 4.78 is 5.61. The molecule has 2 atom stereocenters. The zero-order valence-corrected chi connectivity index (χ0v) is 12.5. The average Bonchev–Trinajstić information content (AvgIpc) is 3.04. The van der Waals surface area contributed by atoms with Gasteiger partial charge in [0, 0.05) is 13.2 Å². The largest absolute Gasteiger partial charge is 0.368 e. The summed E-state index contributed by atoms with van der Waals surface area (Å²) in [6, 6.07) is 9.03. The summed E-state index contributed by atoms with van der Waals surface area (Å²) in [5.74, 6) is 0.960. The minimum atomic E-state index is -0.182. The average molecular weight is 285 g/mol. The lowest BCUT2D eigenvalue weighted by molar-refractivity contribution is -0.141. The summed E-state index contributed by atoms with van der Waals surface area (Å²) in [7, 11) is 0. The van der Waals surface area contributed by atoms with Gasteiger partial charge in [-0.25, -0.2) is 0 Å². The van der Waals surface area contributed by atoms with Crippen LogP contribution in [0.1, 0.15) is 61.6 Å². The molecule has 3 fully saturated rings. The monoisotopic (exact) mass is 285 g/mol. The Morgan fingerprint density at radius 3 is 2.57 bits per heavy atom. The first-order chi connectivity index (χ1) is 10.3. The van der Waals surface area contributed by atoms with E-state index in [1.165, 1.54) is 24.0 Å². The van der Waals surface area contributed by atoms with Crippen molar-refractivity contribution in [1.29, 1.82) is 0 Å². The molecule has 2 saturated heterocycles. The second kappa shape index (κ2) is 5.45. The van der Waals surface area contributed by atoms with E-state index in [2.05, 4.69) is 29.2 Å². The molecule has 1 amide bonds. The molecular formula is C18H23NO2. The first-order valence-electron chi connectivity index (χ1n) is 8.35. The van der Waals surface area contributed by atoms with Crippen LogP contribution in [0.3, 0.4) is 0 Å². The first-order valence-corrected chi connectivity index (χ1v) is 8.35. The maximum atomic E-state index is 12.7. The highest BCUT2D eigenvalue weighted by Crippen LogP contribution is 2.45. The topological polar surface area (TPSA) is 29.5 Å². The fraction of sp³-hybridized carbons (Fsp3) is 0.611. The number of likely N-dealkylation sites (tertiary alicyclic amines) is 1. The van der Waals surface area contributed by atoms with E-state index in [4.69, 9.17) is 4.74 Å². The Morgan fingerprint density at radius 2 is 1.86 bits per heavy atom. The molecule has 1 aromatic rings. The van der Waals surface area contributed by atoms with Crippen LogP contribution in [0.15, 0.2) is 24.3 Å². The van der Waals surface area contributed by atoms with Gasteiger partial charge in [-0.05, 0) is 55.6 Å². The SMILES string of the molecule is O=C([C@@H]1CCCO1)N1CCCC1c1ccccc1C1CC1. The number of hydrogen-bond donors (Lipinski definition) is 0. The smallest absolute Gasteiger partial charge is 0.252 e. The van der Waals surface area contributed by atoms with Crippen molar-refractivity contribution in [3.05, 3.63) is 35.4 Å². The van der Waals surface area contributed by atoms with Crippen molar-refractivity contribution in [2.24, 2.45) is 0 Å². The molecule has 0 radical (unpaired) electrons. The second-order valence-corrected chi connectivity index (χ2v) is 6.59. The van der Waals surface area contributed by atoms with Crippen LogP contribution in [0.2, 0.25) is 0 Å². The van der Waals surface area contributed by atoms with Crippen molar-refractivity contribution in [2.75, 3.05) is 13.2 Å². The Morgan fingerprint density at radius 1 is 1.05 bits per heavy atom. The van der Waals surface area contributed by atoms with Crippen molar-refractivity contribution < 1.29 is 9.53 Å². The van der Waals surface area contributed by atoms with E-state index in [9.17, 15) is 4.79 Å². The lowest BCUT2D eigenvalue weighted by Gasteiger charge is -2.29. The normalized spacial score (nSPS) is 29.0. The van der Waals surface area contributed by atoms with E-state index >= 15 is 0 Å². The molecule has 0 aromatic heterocycles. The Hall–Kier alpha value is -1.35. The predicted octanol–water partition coefficient (Wildman–Crippen LogP) is 3.41. The summed E-state index contributed by atoms with van der Waals surface area (Å²) in [6.45, 7) is 1.63. The fourth-order valence-electron chi connectivity index (χ4n) is 3.89. The highest BCUT2D eigenvalue weighted by atomic mass is 16.5. The van der Waals surface area contributed by atoms with E-state index < -0.39 is 0 Å². The summed E-state index contributed by atoms with van der Waals surface area (Å²) in [6.07, 6.45) is 6.57. The van der Waals surface area contributed by atoms with Crippen molar-refractivity contribution >= 4 is 5.91 Å². The summed E-state index contributed by atoms with van der Waals surface area (Å²) in [5, 5.41) is 0. The van der Waals surface area contributed by atoms with Gasteiger partial charge in [0.1, 0.15) is 6.10 Å². The molecule has 112 valence electrons. The van der Waals surface area contributed by atoms with E-state index in [1.807, 2.05) is 0 Å². The fourth-order valence-corrected chi connectivity index (χ4v) is 3.89. The van der Waals surface area contributed by atoms with Crippen LogP contribution < -0.4 is 0 Å². The maximum Gasteiger partial charge on any atom is 0.252 e. The molecule has 2 heterocycles. The minimum Gasteiger partial charge on any atom is -0.368 e. The molecule has 1 saturated carbocycles. The summed E-state index contributed by atoms with van der Waals surface area (Å²) in [5.41, 5.74) is 2.87. The number of hydrogen-bond acceptors (Lipinski definition) is 2. The Labute approximate surface area is 126 Å². The van der Waals surface area contributed by atoms with Crippen LogP contribution in [-0.4, -0.2) is 30.1 Å². The van der Waals surface area contributed by atoms with Crippen LogP contribution in [0, 0.1) is 0 Å². The summed E-state index contributed by atoms with van der Waals surface area (Å²) >= 11 is 0. The minimum absolute atomic E-state index is 0.182. The van der Waals surface area contributed by atoms with Gasteiger partial charge in [0.25, 0.3) is 5.91 Å². The molecule has 1 unspecified atom stereocenters. The molecule has 21 heavy (non-hydrogen) atoms. The molecule has 3 aliphatic rings. The number of amides is 1. The highest BCUT2D eigenvalue weighted by molar-refractivity contribution is 5.82. The highest BCUT2D eigenvalue weighted by Gasteiger charge is 2.38. The number of carbonyl (C=O) groups is 1. The van der Waals surface area contributed by atoms with Gasteiger partial charge in [-0.15, -0.1) is 0 Å². The molecular weight excluding hydrogens is 262 g/mol. The van der Waals surface area contributed by atoms with Gasteiger partial charge in [0.2, 0.25) is 0 Å². The molecule has 0 spiro atoms.